The smallest absolute Gasteiger partial charge is 0.223 e. The van der Waals surface area contributed by atoms with Gasteiger partial charge in [-0.2, -0.15) is 0 Å². The third-order valence-electron chi connectivity index (χ3n) is 2.51. The first-order valence-electron chi connectivity index (χ1n) is 5.25. The summed E-state index contributed by atoms with van der Waals surface area (Å²) in [5.41, 5.74) is 3.47. The maximum Gasteiger partial charge on any atom is 0.223 e. The number of aryl methyl sites for hydroxylation is 3. The van der Waals surface area contributed by atoms with Crippen LogP contribution in [0.4, 0.5) is 4.39 Å². The minimum absolute atomic E-state index is 0.138. The lowest BCUT2D eigenvalue weighted by Gasteiger charge is -2.09. The van der Waals surface area contributed by atoms with Gasteiger partial charge in [-0.1, -0.05) is 6.07 Å². The fraction of sp³-hybridized carbons (Fsp3) is 0.231. The minimum Gasteiger partial charge on any atom is -0.223 e. The van der Waals surface area contributed by atoms with Crippen LogP contribution in [0.2, 0.25) is 5.28 Å². The van der Waals surface area contributed by atoms with E-state index in [1.807, 2.05) is 19.9 Å². The zero-order chi connectivity index (χ0) is 12.6. The summed E-state index contributed by atoms with van der Waals surface area (Å²) in [6.07, 6.45) is 0. The van der Waals surface area contributed by atoms with Gasteiger partial charge in [0, 0.05) is 11.3 Å². The SMILES string of the molecule is Cc1cc(C)c(-c2cc(C)nc(Cl)n2)c(F)c1. The molecule has 2 aromatic rings. The molecule has 2 nitrogen and oxygen atoms in total. The first-order chi connectivity index (χ1) is 7.97. The van der Waals surface area contributed by atoms with E-state index in [9.17, 15) is 4.39 Å². The van der Waals surface area contributed by atoms with Gasteiger partial charge in [0.15, 0.2) is 0 Å². The van der Waals surface area contributed by atoms with Crippen LogP contribution in [0.1, 0.15) is 16.8 Å². The average Bonchev–Trinajstić information content (AvgIpc) is 2.13. The molecular weight excluding hydrogens is 239 g/mol. The molecule has 0 atom stereocenters. The molecule has 0 unspecified atom stereocenters. The van der Waals surface area contributed by atoms with Crippen LogP contribution in [-0.4, -0.2) is 9.97 Å². The van der Waals surface area contributed by atoms with Crippen molar-refractivity contribution in [3.05, 3.63) is 46.1 Å². The van der Waals surface area contributed by atoms with Gasteiger partial charge in [0.05, 0.1) is 5.69 Å². The van der Waals surface area contributed by atoms with Crippen molar-refractivity contribution in [3.63, 3.8) is 0 Å². The van der Waals surface area contributed by atoms with Crippen LogP contribution in [0.15, 0.2) is 18.2 Å². The molecule has 4 heteroatoms. The van der Waals surface area contributed by atoms with Gasteiger partial charge >= 0.3 is 0 Å². The summed E-state index contributed by atoms with van der Waals surface area (Å²) in [5, 5.41) is 0.138. The molecular formula is C13H12ClFN2. The fourth-order valence-corrected chi connectivity index (χ4v) is 2.12. The second-order valence-electron chi connectivity index (χ2n) is 4.10. The Hall–Kier alpha value is -1.48. The van der Waals surface area contributed by atoms with Gasteiger partial charge in [0.1, 0.15) is 5.82 Å². The monoisotopic (exact) mass is 250 g/mol. The van der Waals surface area contributed by atoms with E-state index in [1.165, 1.54) is 6.07 Å². The van der Waals surface area contributed by atoms with Crippen molar-refractivity contribution in [2.75, 3.05) is 0 Å². The first kappa shape index (κ1) is 12.0. The van der Waals surface area contributed by atoms with Gasteiger partial charge in [-0.05, 0) is 55.6 Å². The number of nitrogens with zero attached hydrogens (tertiary/aromatic N) is 2. The highest BCUT2D eigenvalue weighted by molar-refractivity contribution is 6.28. The predicted octanol–water partition coefficient (Wildman–Crippen LogP) is 3.86. The molecule has 2 rings (SSSR count). The molecule has 88 valence electrons. The lowest BCUT2D eigenvalue weighted by molar-refractivity contribution is 0.628. The van der Waals surface area contributed by atoms with E-state index in [1.54, 1.807) is 13.0 Å². The quantitative estimate of drug-likeness (QED) is 0.718. The summed E-state index contributed by atoms with van der Waals surface area (Å²) in [6.45, 7) is 5.52. The number of rotatable bonds is 1. The predicted molar refractivity (Wildman–Crippen MR) is 66.6 cm³/mol. The highest BCUT2D eigenvalue weighted by Gasteiger charge is 2.12. The molecule has 0 saturated carbocycles. The Morgan fingerprint density at radius 3 is 2.35 bits per heavy atom. The van der Waals surface area contributed by atoms with Crippen LogP contribution in [0.3, 0.4) is 0 Å². The topological polar surface area (TPSA) is 25.8 Å². The molecule has 0 bridgehead atoms. The summed E-state index contributed by atoms with van der Waals surface area (Å²) in [4.78, 5) is 8.04. The molecule has 0 aliphatic rings. The summed E-state index contributed by atoms with van der Waals surface area (Å²) < 4.78 is 14.0. The summed E-state index contributed by atoms with van der Waals surface area (Å²) in [5.74, 6) is -0.281. The Balaban J connectivity index is 2.68. The minimum atomic E-state index is -0.281. The Labute approximate surface area is 104 Å². The van der Waals surface area contributed by atoms with Crippen LogP contribution in [-0.2, 0) is 0 Å². The molecule has 0 amide bonds. The third-order valence-corrected chi connectivity index (χ3v) is 2.68. The van der Waals surface area contributed by atoms with E-state index in [2.05, 4.69) is 9.97 Å². The maximum absolute atomic E-state index is 14.0. The van der Waals surface area contributed by atoms with Gasteiger partial charge in [-0.3, -0.25) is 0 Å². The number of halogens is 2. The number of hydrogen-bond donors (Lipinski definition) is 0. The van der Waals surface area contributed by atoms with E-state index in [-0.39, 0.29) is 11.1 Å². The molecule has 1 heterocycles. The number of benzene rings is 1. The van der Waals surface area contributed by atoms with E-state index in [0.717, 1.165) is 16.8 Å². The molecule has 0 aliphatic heterocycles. The van der Waals surface area contributed by atoms with Crippen molar-refractivity contribution in [3.8, 4) is 11.3 Å². The lowest BCUT2D eigenvalue weighted by Crippen LogP contribution is -1.96. The van der Waals surface area contributed by atoms with Crippen LogP contribution < -0.4 is 0 Å². The van der Waals surface area contributed by atoms with E-state index in [0.29, 0.717) is 11.3 Å². The first-order valence-corrected chi connectivity index (χ1v) is 5.63. The summed E-state index contributed by atoms with van der Waals surface area (Å²) in [7, 11) is 0. The van der Waals surface area contributed by atoms with Crippen molar-refractivity contribution in [1.82, 2.24) is 9.97 Å². The Kier molecular flexibility index (Phi) is 3.11. The summed E-state index contributed by atoms with van der Waals surface area (Å²) >= 11 is 5.79. The molecule has 1 aromatic carbocycles. The molecule has 1 aromatic heterocycles. The second-order valence-corrected chi connectivity index (χ2v) is 4.44. The molecule has 0 spiro atoms. The van der Waals surface area contributed by atoms with Crippen molar-refractivity contribution in [2.24, 2.45) is 0 Å². The lowest BCUT2D eigenvalue weighted by atomic mass is 10.0. The van der Waals surface area contributed by atoms with Gasteiger partial charge in [0.25, 0.3) is 0 Å². The molecule has 0 fully saturated rings. The van der Waals surface area contributed by atoms with Crippen LogP contribution >= 0.6 is 11.6 Å². The highest BCUT2D eigenvalue weighted by atomic mass is 35.5. The van der Waals surface area contributed by atoms with E-state index < -0.39 is 0 Å². The van der Waals surface area contributed by atoms with E-state index in [4.69, 9.17) is 11.6 Å². The molecule has 0 N–H and O–H groups in total. The Morgan fingerprint density at radius 1 is 1.06 bits per heavy atom. The zero-order valence-corrected chi connectivity index (χ0v) is 10.6. The second kappa shape index (κ2) is 4.41. The van der Waals surface area contributed by atoms with Gasteiger partial charge in [0.2, 0.25) is 5.28 Å². The van der Waals surface area contributed by atoms with Crippen molar-refractivity contribution < 1.29 is 4.39 Å². The van der Waals surface area contributed by atoms with Crippen LogP contribution in [0, 0.1) is 26.6 Å². The Bertz CT molecular complexity index is 538. The van der Waals surface area contributed by atoms with Gasteiger partial charge in [-0.15, -0.1) is 0 Å². The molecule has 17 heavy (non-hydrogen) atoms. The number of hydrogen-bond acceptors (Lipinski definition) is 2. The van der Waals surface area contributed by atoms with Crippen LogP contribution in [0.25, 0.3) is 11.3 Å². The van der Waals surface area contributed by atoms with E-state index >= 15 is 0 Å². The number of aromatic nitrogens is 2. The molecule has 0 saturated heterocycles. The summed E-state index contributed by atoms with van der Waals surface area (Å²) in [6, 6.07) is 5.14. The van der Waals surface area contributed by atoms with Gasteiger partial charge in [-0.25, -0.2) is 14.4 Å². The van der Waals surface area contributed by atoms with Crippen molar-refractivity contribution >= 4 is 11.6 Å². The fourth-order valence-electron chi connectivity index (χ4n) is 1.90. The zero-order valence-electron chi connectivity index (χ0n) is 9.88. The highest BCUT2D eigenvalue weighted by Crippen LogP contribution is 2.27. The van der Waals surface area contributed by atoms with Gasteiger partial charge < -0.3 is 0 Å². The van der Waals surface area contributed by atoms with Crippen molar-refractivity contribution in [1.29, 1.82) is 0 Å². The maximum atomic E-state index is 14.0. The third kappa shape index (κ3) is 2.44. The standard InChI is InChI=1S/C13H12ClFN2/c1-7-4-8(2)12(10(15)5-7)11-6-9(3)16-13(14)17-11/h4-6H,1-3H3. The normalized spacial score (nSPS) is 10.6. The van der Waals surface area contributed by atoms with Crippen molar-refractivity contribution in [2.45, 2.75) is 20.8 Å². The average molecular weight is 251 g/mol. The molecule has 0 aliphatic carbocycles. The van der Waals surface area contributed by atoms with Crippen LogP contribution in [0.5, 0.6) is 0 Å². The largest absolute Gasteiger partial charge is 0.223 e. The Morgan fingerprint density at radius 2 is 1.76 bits per heavy atom. The molecule has 0 radical (unpaired) electrons.